The highest BCUT2D eigenvalue weighted by atomic mass is 35.5. The number of methoxy groups -OCH3 is 1. The van der Waals surface area contributed by atoms with Gasteiger partial charge in [0.1, 0.15) is 10.6 Å². The van der Waals surface area contributed by atoms with Crippen LogP contribution in [0.1, 0.15) is 29.6 Å². The normalized spacial score (nSPS) is 15.5. The van der Waals surface area contributed by atoms with Gasteiger partial charge in [-0.25, -0.2) is 12.7 Å². The van der Waals surface area contributed by atoms with Crippen LogP contribution in [-0.2, 0) is 10.0 Å². The first-order valence-corrected chi connectivity index (χ1v) is 10.3. The van der Waals surface area contributed by atoms with Gasteiger partial charge in [-0.2, -0.15) is 0 Å². The average Bonchev–Trinajstić information content (AvgIpc) is 2.65. The summed E-state index contributed by atoms with van der Waals surface area (Å²) in [7, 11) is 2.58. The van der Waals surface area contributed by atoms with Crippen LogP contribution in [0.25, 0.3) is 0 Å². The Morgan fingerprint density at radius 1 is 1.30 bits per heavy atom. The fraction of sp³-hybridized carbons (Fsp3) is 0.611. The number of carbonyl (C=O) groups is 1. The maximum atomic E-state index is 12.8. The molecule has 1 heterocycles. The van der Waals surface area contributed by atoms with Gasteiger partial charge in [0.2, 0.25) is 10.0 Å². The Hall–Kier alpha value is -1.35. The van der Waals surface area contributed by atoms with Crippen molar-refractivity contribution >= 4 is 28.3 Å². The van der Waals surface area contributed by atoms with Gasteiger partial charge in [0, 0.05) is 32.7 Å². The van der Waals surface area contributed by atoms with E-state index in [4.69, 9.17) is 4.74 Å². The molecule has 7 nitrogen and oxygen atoms in total. The van der Waals surface area contributed by atoms with Crippen molar-refractivity contribution in [3.8, 4) is 5.75 Å². The van der Waals surface area contributed by atoms with Crippen molar-refractivity contribution in [2.45, 2.75) is 24.2 Å². The highest BCUT2D eigenvalue weighted by Gasteiger charge is 2.27. The second-order valence-corrected chi connectivity index (χ2v) is 8.90. The van der Waals surface area contributed by atoms with Crippen molar-refractivity contribution in [1.82, 2.24) is 14.5 Å². The zero-order valence-corrected chi connectivity index (χ0v) is 18.0. The van der Waals surface area contributed by atoms with Gasteiger partial charge in [-0.05, 0) is 57.0 Å². The van der Waals surface area contributed by atoms with Gasteiger partial charge >= 0.3 is 0 Å². The number of rotatable bonds is 7. The Balaban J connectivity index is 0.00000364. The molecule has 9 heteroatoms. The van der Waals surface area contributed by atoms with E-state index < -0.39 is 10.0 Å². The van der Waals surface area contributed by atoms with Crippen molar-refractivity contribution in [1.29, 1.82) is 0 Å². The number of nitrogens with one attached hydrogen (secondary N) is 1. The lowest BCUT2D eigenvalue weighted by atomic mass is 9.93. The fourth-order valence-corrected chi connectivity index (χ4v) is 4.24. The van der Waals surface area contributed by atoms with Crippen LogP contribution in [0, 0.1) is 5.92 Å². The first-order chi connectivity index (χ1) is 12.3. The summed E-state index contributed by atoms with van der Waals surface area (Å²) in [5.41, 5.74) is 0.375. The van der Waals surface area contributed by atoms with Gasteiger partial charge in [-0.1, -0.05) is 0 Å². The molecule has 1 aliphatic heterocycles. The van der Waals surface area contributed by atoms with Crippen LogP contribution in [0.5, 0.6) is 5.75 Å². The molecule has 1 N–H and O–H groups in total. The number of sulfonamides is 1. The van der Waals surface area contributed by atoms with Crippen molar-refractivity contribution in [2.75, 3.05) is 47.9 Å². The molecule has 0 unspecified atom stereocenters. The van der Waals surface area contributed by atoms with Crippen molar-refractivity contribution in [3.05, 3.63) is 23.8 Å². The third-order valence-electron chi connectivity index (χ3n) is 4.87. The van der Waals surface area contributed by atoms with E-state index in [9.17, 15) is 13.2 Å². The maximum absolute atomic E-state index is 12.8. The van der Waals surface area contributed by atoms with Crippen LogP contribution in [0.2, 0.25) is 0 Å². The molecule has 1 aromatic carbocycles. The monoisotopic (exact) mass is 419 g/mol. The molecule has 0 bridgehead atoms. The summed E-state index contributed by atoms with van der Waals surface area (Å²) in [5.74, 6) is 0.739. The summed E-state index contributed by atoms with van der Waals surface area (Å²) >= 11 is 0. The first-order valence-electron chi connectivity index (χ1n) is 8.85. The molecule has 1 amide bonds. The molecule has 0 spiro atoms. The molecule has 1 aliphatic rings. The van der Waals surface area contributed by atoms with Crippen LogP contribution in [0.3, 0.4) is 0 Å². The van der Waals surface area contributed by atoms with Crippen LogP contribution in [0.4, 0.5) is 0 Å². The van der Waals surface area contributed by atoms with Gasteiger partial charge in [-0.15, -0.1) is 12.4 Å². The van der Waals surface area contributed by atoms with Crippen LogP contribution in [-0.4, -0.2) is 71.4 Å². The molecule has 0 atom stereocenters. The average molecular weight is 420 g/mol. The van der Waals surface area contributed by atoms with E-state index in [-0.39, 0.29) is 29.0 Å². The Kier molecular flexibility index (Phi) is 9.01. The molecular formula is C18H30ClN3O4S. The quantitative estimate of drug-likeness (QED) is 0.729. The van der Waals surface area contributed by atoms with Gasteiger partial charge in [0.25, 0.3) is 5.91 Å². The summed E-state index contributed by atoms with van der Waals surface area (Å²) in [6.45, 7) is 2.40. The van der Waals surface area contributed by atoms with E-state index in [1.807, 2.05) is 11.9 Å². The number of ether oxygens (including phenoxy) is 1. The van der Waals surface area contributed by atoms with E-state index >= 15 is 0 Å². The number of hydrogen-bond acceptors (Lipinski definition) is 5. The number of hydrogen-bond donors (Lipinski definition) is 1. The van der Waals surface area contributed by atoms with Crippen LogP contribution in [0.15, 0.2) is 23.1 Å². The van der Waals surface area contributed by atoms with E-state index in [0.29, 0.717) is 24.6 Å². The number of carbonyl (C=O) groups excluding carboxylic acids is 1. The SMILES string of the molecule is CNCCC1CCN(C(=O)c2ccc(OC)c(S(=O)(=O)N(C)C)c2)CC1.Cl. The molecule has 154 valence electrons. The Morgan fingerprint density at radius 2 is 1.93 bits per heavy atom. The van der Waals surface area contributed by atoms with Gasteiger partial charge in [-0.3, -0.25) is 4.79 Å². The minimum Gasteiger partial charge on any atom is -0.495 e. The van der Waals surface area contributed by atoms with Crippen molar-refractivity contribution in [2.24, 2.45) is 5.92 Å². The third kappa shape index (κ3) is 5.57. The molecular weight excluding hydrogens is 390 g/mol. The number of piperidine rings is 1. The Labute approximate surface area is 168 Å². The van der Waals surface area contributed by atoms with E-state index in [1.54, 1.807) is 12.1 Å². The van der Waals surface area contributed by atoms with Gasteiger partial charge in [0.15, 0.2) is 0 Å². The van der Waals surface area contributed by atoms with Crippen molar-refractivity contribution in [3.63, 3.8) is 0 Å². The minimum absolute atomic E-state index is 0. The highest BCUT2D eigenvalue weighted by Crippen LogP contribution is 2.28. The number of likely N-dealkylation sites (tertiary alicyclic amines) is 1. The molecule has 0 aliphatic carbocycles. The lowest BCUT2D eigenvalue weighted by molar-refractivity contribution is 0.0687. The van der Waals surface area contributed by atoms with Crippen molar-refractivity contribution < 1.29 is 17.9 Å². The van der Waals surface area contributed by atoms with E-state index in [2.05, 4.69) is 5.32 Å². The first kappa shape index (κ1) is 23.7. The second-order valence-electron chi connectivity index (χ2n) is 6.78. The summed E-state index contributed by atoms with van der Waals surface area (Å²) in [5, 5.41) is 3.16. The Bertz CT molecular complexity index is 732. The number of nitrogens with zero attached hydrogens (tertiary/aromatic N) is 2. The zero-order valence-electron chi connectivity index (χ0n) is 16.4. The fourth-order valence-electron chi connectivity index (χ4n) is 3.16. The highest BCUT2D eigenvalue weighted by molar-refractivity contribution is 7.89. The molecule has 0 saturated carbocycles. The number of benzene rings is 1. The minimum atomic E-state index is -3.69. The lowest BCUT2D eigenvalue weighted by Crippen LogP contribution is -2.39. The smallest absolute Gasteiger partial charge is 0.253 e. The molecule has 1 aromatic rings. The summed E-state index contributed by atoms with van der Waals surface area (Å²) in [4.78, 5) is 14.7. The molecule has 1 saturated heterocycles. The molecule has 1 fully saturated rings. The number of amides is 1. The standard InChI is InChI=1S/C18H29N3O4S.ClH/c1-19-10-7-14-8-11-21(12-9-14)18(22)15-5-6-16(25-4)17(13-15)26(23,24)20(2)3;/h5-6,13-14,19H,7-12H2,1-4H3;1H. The van der Waals surface area contributed by atoms with Crippen LogP contribution < -0.4 is 10.1 Å². The van der Waals surface area contributed by atoms with Crippen LogP contribution >= 0.6 is 12.4 Å². The topological polar surface area (TPSA) is 79.0 Å². The number of halogens is 1. The summed E-state index contributed by atoms with van der Waals surface area (Å²) in [6, 6.07) is 4.59. The maximum Gasteiger partial charge on any atom is 0.253 e. The van der Waals surface area contributed by atoms with E-state index in [1.165, 1.54) is 27.3 Å². The van der Waals surface area contributed by atoms with Gasteiger partial charge in [0.05, 0.1) is 7.11 Å². The largest absolute Gasteiger partial charge is 0.495 e. The summed E-state index contributed by atoms with van der Waals surface area (Å²) < 4.78 is 31.3. The molecule has 0 radical (unpaired) electrons. The Morgan fingerprint density at radius 3 is 2.44 bits per heavy atom. The van der Waals surface area contributed by atoms with E-state index in [0.717, 1.165) is 30.1 Å². The summed E-state index contributed by atoms with van der Waals surface area (Å²) in [6.07, 6.45) is 3.07. The molecule has 27 heavy (non-hydrogen) atoms. The molecule has 0 aromatic heterocycles. The predicted octanol–water partition coefficient (Wildman–Crippen LogP) is 1.83. The van der Waals surface area contributed by atoms with Gasteiger partial charge < -0.3 is 15.0 Å². The second kappa shape index (κ2) is 10.3. The lowest BCUT2D eigenvalue weighted by Gasteiger charge is -2.32. The zero-order chi connectivity index (χ0) is 19.3. The molecule has 2 rings (SSSR count). The predicted molar refractivity (Wildman–Crippen MR) is 108 cm³/mol. The third-order valence-corrected chi connectivity index (χ3v) is 6.71.